The van der Waals surface area contributed by atoms with Crippen molar-refractivity contribution in [3.05, 3.63) is 36.0 Å². The first kappa shape index (κ1) is 11.4. The molecule has 0 unspecified atom stereocenters. The van der Waals surface area contributed by atoms with Gasteiger partial charge >= 0.3 is 0 Å². The first-order chi connectivity index (χ1) is 9.20. The van der Waals surface area contributed by atoms with Gasteiger partial charge in [0.2, 0.25) is 5.91 Å². The molecule has 1 aliphatic heterocycles. The molecule has 1 fully saturated rings. The van der Waals surface area contributed by atoms with E-state index in [1.54, 1.807) is 30.5 Å². The molecule has 1 aromatic heterocycles. The maximum atomic E-state index is 11.8. The van der Waals surface area contributed by atoms with Crippen molar-refractivity contribution >= 4 is 28.3 Å². The summed E-state index contributed by atoms with van der Waals surface area (Å²) >= 11 is 0. The number of hydrogen-bond donors (Lipinski definition) is 0. The Morgan fingerprint density at radius 1 is 1.26 bits per heavy atom. The average Bonchev–Trinajstić information content (AvgIpc) is 2.76. The van der Waals surface area contributed by atoms with Gasteiger partial charge in [0.05, 0.1) is 29.7 Å². The van der Waals surface area contributed by atoms with Gasteiger partial charge in [0.1, 0.15) is 6.07 Å². The molecule has 0 aliphatic carbocycles. The molecule has 92 valence electrons. The number of anilines is 1. The van der Waals surface area contributed by atoms with Crippen molar-refractivity contribution in [2.24, 2.45) is 0 Å². The van der Waals surface area contributed by atoms with Gasteiger partial charge in [0.15, 0.2) is 5.78 Å². The third kappa shape index (κ3) is 1.74. The minimum absolute atomic E-state index is 0.0410. The Morgan fingerprint density at radius 3 is 2.79 bits per heavy atom. The molecule has 0 N–H and O–H groups in total. The summed E-state index contributed by atoms with van der Waals surface area (Å²) in [6, 6.07) is 9.05. The molecule has 0 radical (unpaired) electrons. The van der Waals surface area contributed by atoms with E-state index in [0.717, 1.165) is 0 Å². The lowest BCUT2D eigenvalue weighted by molar-refractivity contribution is -0.121. The summed E-state index contributed by atoms with van der Waals surface area (Å²) in [6.45, 7) is 0.0410. The number of carbonyl (C=O) groups is 2. The second-order valence-corrected chi connectivity index (χ2v) is 4.34. The summed E-state index contributed by atoms with van der Waals surface area (Å²) in [5.41, 5.74) is 1.56. The Kier molecular flexibility index (Phi) is 2.50. The molecule has 5 nitrogen and oxygen atoms in total. The summed E-state index contributed by atoms with van der Waals surface area (Å²) in [6.07, 6.45) is 1.56. The van der Waals surface area contributed by atoms with Gasteiger partial charge in [-0.3, -0.25) is 14.6 Å². The van der Waals surface area contributed by atoms with E-state index < -0.39 is 0 Å². The highest BCUT2D eigenvalue weighted by molar-refractivity contribution is 6.16. The van der Waals surface area contributed by atoms with Gasteiger partial charge in [0, 0.05) is 11.6 Å². The van der Waals surface area contributed by atoms with Crippen LogP contribution in [0.4, 0.5) is 5.69 Å². The highest BCUT2D eigenvalue weighted by Gasteiger charge is 2.30. The molecule has 3 rings (SSSR count). The third-order valence-electron chi connectivity index (χ3n) is 3.15. The van der Waals surface area contributed by atoms with Crippen LogP contribution >= 0.6 is 0 Å². The van der Waals surface area contributed by atoms with Crippen molar-refractivity contribution in [3.63, 3.8) is 0 Å². The molecule has 2 heterocycles. The zero-order chi connectivity index (χ0) is 13.4. The second-order valence-electron chi connectivity index (χ2n) is 4.34. The van der Waals surface area contributed by atoms with Crippen molar-refractivity contribution < 1.29 is 9.59 Å². The predicted octanol–water partition coefficient (Wildman–Crippen LogP) is 1.41. The molecule has 5 heteroatoms. The number of fused-ring (bicyclic) bond motifs is 1. The molecule has 19 heavy (non-hydrogen) atoms. The fraction of sp³-hybridized carbons (Fsp3) is 0.143. The van der Waals surface area contributed by atoms with Crippen LogP contribution < -0.4 is 4.90 Å². The molecule has 1 aromatic carbocycles. The highest BCUT2D eigenvalue weighted by Crippen LogP contribution is 2.29. The lowest BCUT2D eigenvalue weighted by Gasteiger charge is -2.17. The number of nitriles is 1. The maximum absolute atomic E-state index is 11.8. The van der Waals surface area contributed by atoms with Crippen LogP contribution in [0.25, 0.3) is 10.9 Å². The van der Waals surface area contributed by atoms with E-state index in [4.69, 9.17) is 0 Å². The lowest BCUT2D eigenvalue weighted by atomic mass is 10.1. The molecule has 0 bridgehead atoms. The number of benzene rings is 1. The van der Waals surface area contributed by atoms with Crippen molar-refractivity contribution in [3.8, 4) is 6.07 Å². The standard InChI is InChI=1S/C14H9N3O2/c15-7-11-10-2-1-5-16-12(10)3-4-13(11)17-8-9(18)6-14(17)19/h1-5H,6,8H2. The summed E-state index contributed by atoms with van der Waals surface area (Å²) < 4.78 is 0. The molecule has 1 saturated heterocycles. The van der Waals surface area contributed by atoms with Gasteiger partial charge in [-0.05, 0) is 24.3 Å². The molecule has 0 atom stereocenters. The van der Waals surface area contributed by atoms with Gasteiger partial charge in [-0.2, -0.15) is 5.26 Å². The van der Waals surface area contributed by atoms with Crippen molar-refractivity contribution in [2.75, 3.05) is 11.4 Å². The zero-order valence-corrected chi connectivity index (χ0v) is 9.96. The Hall–Kier alpha value is -2.74. The van der Waals surface area contributed by atoms with Crippen LogP contribution in [0, 0.1) is 11.3 Å². The van der Waals surface area contributed by atoms with Gasteiger partial charge in [-0.25, -0.2) is 0 Å². The summed E-state index contributed by atoms with van der Waals surface area (Å²) in [5, 5.41) is 10.0. The molecular weight excluding hydrogens is 242 g/mol. The topological polar surface area (TPSA) is 74.1 Å². The summed E-state index contributed by atoms with van der Waals surface area (Å²) in [5.74, 6) is -0.384. The molecule has 0 saturated carbocycles. The predicted molar refractivity (Wildman–Crippen MR) is 68.4 cm³/mol. The van der Waals surface area contributed by atoms with E-state index in [2.05, 4.69) is 11.1 Å². The Bertz CT molecular complexity index is 746. The van der Waals surface area contributed by atoms with E-state index in [9.17, 15) is 14.9 Å². The maximum Gasteiger partial charge on any atom is 0.234 e. The van der Waals surface area contributed by atoms with Gasteiger partial charge in [0.25, 0.3) is 0 Å². The first-order valence-corrected chi connectivity index (χ1v) is 5.80. The largest absolute Gasteiger partial charge is 0.303 e. The van der Waals surface area contributed by atoms with Crippen molar-refractivity contribution in [1.29, 1.82) is 5.26 Å². The van der Waals surface area contributed by atoms with E-state index in [0.29, 0.717) is 22.2 Å². The van der Waals surface area contributed by atoms with E-state index in [-0.39, 0.29) is 24.7 Å². The van der Waals surface area contributed by atoms with Crippen LogP contribution in [0.1, 0.15) is 12.0 Å². The smallest absolute Gasteiger partial charge is 0.234 e. The molecule has 1 amide bonds. The second kappa shape index (κ2) is 4.18. The number of rotatable bonds is 1. The molecule has 2 aromatic rings. The number of pyridine rings is 1. The third-order valence-corrected chi connectivity index (χ3v) is 3.15. The Labute approximate surface area is 109 Å². The average molecular weight is 251 g/mol. The Morgan fingerprint density at radius 2 is 2.11 bits per heavy atom. The monoisotopic (exact) mass is 251 g/mol. The fourth-order valence-corrected chi connectivity index (χ4v) is 2.29. The van der Waals surface area contributed by atoms with E-state index in [1.165, 1.54) is 4.90 Å². The minimum Gasteiger partial charge on any atom is -0.303 e. The van der Waals surface area contributed by atoms with Crippen molar-refractivity contribution in [1.82, 2.24) is 4.98 Å². The van der Waals surface area contributed by atoms with E-state index in [1.807, 2.05) is 0 Å². The molecule has 0 spiro atoms. The number of hydrogen-bond acceptors (Lipinski definition) is 4. The Balaban J connectivity index is 2.22. The van der Waals surface area contributed by atoms with Crippen LogP contribution in [0.15, 0.2) is 30.5 Å². The number of Topliss-reactive ketones (excluding diaryl/α,β-unsaturated/α-hetero) is 1. The van der Waals surface area contributed by atoms with Crippen LogP contribution in [-0.4, -0.2) is 23.2 Å². The van der Waals surface area contributed by atoms with Gasteiger partial charge < -0.3 is 4.90 Å². The van der Waals surface area contributed by atoms with Gasteiger partial charge in [-0.15, -0.1) is 0 Å². The number of aromatic nitrogens is 1. The van der Waals surface area contributed by atoms with Crippen LogP contribution in [0.3, 0.4) is 0 Å². The zero-order valence-electron chi connectivity index (χ0n) is 9.96. The normalized spacial score (nSPS) is 15.0. The van der Waals surface area contributed by atoms with Crippen LogP contribution in [-0.2, 0) is 9.59 Å². The first-order valence-electron chi connectivity index (χ1n) is 5.80. The number of amides is 1. The lowest BCUT2D eigenvalue weighted by Crippen LogP contribution is -2.25. The van der Waals surface area contributed by atoms with Gasteiger partial charge in [-0.1, -0.05) is 0 Å². The van der Waals surface area contributed by atoms with E-state index >= 15 is 0 Å². The van der Waals surface area contributed by atoms with Crippen LogP contribution in [0.2, 0.25) is 0 Å². The van der Waals surface area contributed by atoms with Crippen LogP contribution in [0.5, 0.6) is 0 Å². The summed E-state index contributed by atoms with van der Waals surface area (Å²) in [4.78, 5) is 28.7. The molecular formula is C14H9N3O2. The summed E-state index contributed by atoms with van der Waals surface area (Å²) in [7, 11) is 0. The number of carbonyl (C=O) groups excluding carboxylic acids is 2. The van der Waals surface area contributed by atoms with Crippen molar-refractivity contribution in [2.45, 2.75) is 6.42 Å². The quantitative estimate of drug-likeness (QED) is 0.718. The SMILES string of the molecule is N#Cc1c(N2CC(=O)CC2=O)ccc2ncccc12. The highest BCUT2D eigenvalue weighted by atomic mass is 16.2. The fourth-order valence-electron chi connectivity index (χ4n) is 2.29. The minimum atomic E-state index is -0.259. The number of nitrogens with zero attached hydrogens (tertiary/aromatic N) is 3. The number of ketones is 1. The molecule has 1 aliphatic rings.